The molecule has 0 aromatic heterocycles. The summed E-state index contributed by atoms with van der Waals surface area (Å²) in [6.07, 6.45) is 2.92. The summed E-state index contributed by atoms with van der Waals surface area (Å²) in [6, 6.07) is 0. The fourth-order valence-corrected chi connectivity index (χ4v) is 0.554. The Morgan fingerprint density at radius 2 is 2.62 bits per heavy atom. The summed E-state index contributed by atoms with van der Waals surface area (Å²) in [6.45, 7) is 2.24. The largest absolute Gasteiger partial charge is 0.758 e. The summed E-state index contributed by atoms with van der Waals surface area (Å²) in [4.78, 5) is 3.87. The highest BCUT2D eigenvalue weighted by Gasteiger charge is 1.92. The van der Waals surface area contributed by atoms with Gasteiger partial charge in [0.1, 0.15) is 0 Å². The van der Waals surface area contributed by atoms with Crippen LogP contribution in [0.5, 0.6) is 0 Å². The van der Waals surface area contributed by atoms with Crippen molar-refractivity contribution in [3.63, 3.8) is 0 Å². The molecular weight excluding hydrogens is 104 g/mol. The minimum atomic E-state index is 0.413. The molecule has 0 bridgehead atoms. The predicted octanol–water partition coefficient (Wildman–Crippen LogP) is 0.732. The normalized spacial score (nSPS) is 18.8. The molecule has 1 heterocycles. The molecule has 0 unspecified atom stereocenters. The molecule has 0 N–H and O–H groups in total. The lowest BCUT2D eigenvalue weighted by Gasteiger charge is -2.27. The zero-order valence-electron chi connectivity index (χ0n) is 4.66. The van der Waals surface area contributed by atoms with Gasteiger partial charge in [0.2, 0.25) is 0 Å². The Labute approximate surface area is 47.9 Å². The van der Waals surface area contributed by atoms with Crippen molar-refractivity contribution >= 4 is 5.71 Å². The Morgan fingerprint density at radius 1 is 1.88 bits per heavy atom. The third kappa shape index (κ3) is 1.07. The predicted molar refractivity (Wildman–Crippen MR) is 32.3 cm³/mol. The lowest BCUT2D eigenvalue weighted by Crippen LogP contribution is -2.19. The first kappa shape index (κ1) is 5.31. The summed E-state index contributed by atoms with van der Waals surface area (Å²) in [5.41, 5.74) is 0.863. The van der Waals surface area contributed by atoms with Crippen molar-refractivity contribution in [2.45, 2.75) is 6.92 Å². The molecule has 0 saturated heterocycles. The minimum Gasteiger partial charge on any atom is -0.758 e. The van der Waals surface area contributed by atoms with E-state index in [1.807, 2.05) is 6.92 Å². The Kier molecular flexibility index (Phi) is 1.30. The number of hydrogen-bond acceptors (Lipinski definition) is 3. The summed E-state index contributed by atoms with van der Waals surface area (Å²) in [5, 5.41) is 11.3. The lowest BCUT2D eigenvalue weighted by molar-refractivity contribution is 0.576. The fourth-order valence-electron chi connectivity index (χ4n) is 0.554. The van der Waals surface area contributed by atoms with Gasteiger partial charge in [0.25, 0.3) is 0 Å². The molecule has 0 saturated carbocycles. The lowest BCUT2D eigenvalue weighted by atomic mass is 10.4. The minimum absolute atomic E-state index is 0.413. The first-order valence-electron chi connectivity index (χ1n) is 2.43. The topological polar surface area (TPSA) is 38.7 Å². The first-order valence-corrected chi connectivity index (χ1v) is 2.43. The maximum absolute atomic E-state index is 10.4. The van der Waals surface area contributed by atoms with E-state index in [1.165, 1.54) is 12.4 Å². The van der Waals surface area contributed by atoms with Crippen LogP contribution in [-0.2, 0) is 0 Å². The smallest absolute Gasteiger partial charge is 0.0445 e. The maximum Gasteiger partial charge on any atom is 0.0445 e. The van der Waals surface area contributed by atoms with Gasteiger partial charge in [-0.1, -0.05) is 0 Å². The number of rotatable bonds is 0. The van der Waals surface area contributed by atoms with E-state index in [1.54, 1.807) is 0 Å². The highest BCUT2D eigenvalue weighted by atomic mass is 16.5. The maximum atomic E-state index is 10.4. The van der Waals surface area contributed by atoms with E-state index in [-0.39, 0.29) is 0 Å². The average molecular weight is 111 g/mol. The van der Waals surface area contributed by atoms with Gasteiger partial charge in [-0.2, -0.15) is 0 Å². The third-order valence-electron chi connectivity index (χ3n) is 0.913. The molecule has 0 aliphatic carbocycles. The molecule has 0 atom stereocenters. The van der Waals surface area contributed by atoms with Gasteiger partial charge in [-0.15, -0.1) is 0 Å². The van der Waals surface area contributed by atoms with Crippen LogP contribution >= 0.6 is 0 Å². The van der Waals surface area contributed by atoms with E-state index >= 15 is 0 Å². The second-order valence-corrected chi connectivity index (χ2v) is 1.74. The van der Waals surface area contributed by atoms with E-state index < -0.39 is 0 Å². The molecule has 0 radical (unpaired) electrons. The molecule has 3 heteroatoms. The van der Waals surface area contributed by atoms with E-state index in [9.17, 15) is 5.21 Å². The van der Waals surface area contributed by atoms with Gasteiger partial charge in [0, 0.05) is 24.7 Å². The highest BCUT2D eigenvalue weighted by Crippen LogP contribution is 1.95. The van der Waals surface area contributed by atoms with Crippen LogP contribution in [0.4, 0.5) is 0 Å². The molecule has 0 spiro atoms. The molecule has 0 aromatic carbocycles. The molecular formula is C5H7N2O-. The van der Waals surface area contributed by atoms with Crippen LogP contribution in [0.25, 0.3) is 0 Å². The van der Waals surface area contributed by atoms with Crippen molar-refractivity contribution in [3.05, 3.63) is 17.6 Å². The highest BCUT2D eigenvalue weighted by molar-refractivity contribution is 5.85. The molecule has 3 nitrogen and oxygen atoms in total. The average Bonchev–Trinajstić information content (AvgIpc) is 1.64. The van der Waals surface area contributed by atoms with Gasteiger partial charge in [-0.05, 0) is 6.92 Å². The van der Waals surface area contributed by atoms with Crippen LogP contribution in [0, 0.1) is 5.21 Å². The van der Waals surface area contributed by atoms with Crippen LogP contribution in [0.15, 0.2) is 17.4 Å². The molecule has 0 fully saturated rings. The molecule has 1 aliphatic rings. The zero-order chi connectivity index (χ0) is 5.98. The second-order valence-electron chi connectivity index (χ2n) is 1.74. The van der Waals surface area contributed by atoms with Crippen LogP contribution in [0.1, 0.15) is 6.92 Å². The van der Waals surface area contributed by atoms with Crippen LogP contribution in [0.3, 0.4) is 0 Å². The molecule has 1 aliphatic heterocycles. The monoisotopic (exact) mass is 111 g/mol. The molecule has 8 heavy (non-hydrogen) atoms. The van der Waals surface area contributed by atoms with Crippen molar-refractivity contribution < 1.29 is 0 Å². The van der Waals surface area contributed by atoms with Crippen LogP contribution < -0.4 is 0 Å². The molecule has 0 amide bonds. The Bertz CT molecular complexity index is 139. The SMILES string of the molecule is CC1=NC=CN([O-])C1. The number of aliphatic imine (C=N–C) groups is 1. The summed E-state index contributed by atoms with van der Waals surface area (Å²) in [7, 11) is 0. The van der Waals surface area contributed by atoms with Crippen molar-refractivity contribution in [3.8, 4) is 0 Å². The molecule has 0 aromatic rings. The third-order valence-corrected chi connectivity index (χ3v) is 0.913. The van der Waals surface area contributed by atoms with Gasteiger partial charge in [-0.3, -0.25) is 4.99 Å². The molecule has 44 valence electrons. The summed E-state index contributed by atoms with van der Waals surface area (Å²) < 4.78 is 0. The van der Waals surface area contributed by atoms with E-state index in [4.69, 9.17) is 0 Å². The Morgan fingerprint density at radius 3 is 3.00 bits per heavy atom. The zero-order valence-corrected chi connectivity index (χ0v) is 4.66. The van der Waals surface area contributed by atoms with Gasteiger partial charge in [0.15, 0.2) is 0 Å². The van der Waals surface area contributed by atoms with Gasteiger partial charge in [-0.25, -0.2) is 0 Å². The first-order chi connectivity index (χ1) is 3.79. The standard InChI is InChI=1S/C5H7N2O/c1-5-4-7(8)3-2-6-5/h2-3H,4H2,1H3/q-1. The van der Waals surface area contributed by atoms with Gasteiger partial charge in [0.05, 0.1) is 0 Å². The van der Waals surface area contributed by atoms with E-state index in [0.29, 0.717) is 6.54 Å². The van der Waals surface area contributed by atoms with Crippen molar-refractivity contribution in [1.82, 2.24) is 5.06 Å². The van der Waals surface area contributed by atoms with Crippen LogP contribution in [-0.4, -0.2) is 17.3 Å². The van der Waals surface area contributed by atoms with E-state index in [2.05, 4.69) is 4.99 Å². The van der Waals surface area contributed by atoms with Crippen molar-refractivity contribution in [2.75, 3.05) is 6.54 Å². The van der Waals surface area contributed by atoms with Crippen molar-refractivity contribution in [1.29, 1.82) is 0 Å². The van der Waals surface area contributed by atoms with Crippen molar-refractivity contribution in [2.24, 2.45) is 4.99 Å². The Balaban J connectivity index is 2.59. The summed E-state index contributed by atoms with van der Waals surface area (Å²) >= 11 is 0. The van der Waals surface area contributed by atoms with E-state index in [0.717, 1.165) is 10.8 Å². The summed E-state index contributed by atoms with van der Waals surface area (Å²) in [5.74, 6) is 0. The van der Waals surface area contributed by atoms with Gasteiger partial charge >= 0.3 is 0 Å². The van der Waals surface area contributed by atoms with Gasteiger partial charge < -0.3 is 10.3 Å². The molecule has 1 rings (SSSR count). The fraction of sp³-hybridized carbons (Fsp3) is 0.400. The Hall–Kier alpha value is -0.830. The number of hydroxylamine groups is 2. The number of hydrogen-bond donors (Lipinski definition) is 0. The second kappa shape index (κ2) is 1.96. The van der Waals surface area contributed by atoms with Crippen LogP contribution in [0.2, 0.25) is 0 Å². The number of nitrogens with zero attached hydrogens (tertiary/aromatic N) is 2. The quantitative estimate of drug-likeness (QED) is 0.462.